The summed E-state index contributed by atoms with van der Waals surface area (Å²) in [5.74, 6) is 2.38. The number of hydrogen-bond donors (Lipinski definition) is 2. The summed E-state index contributed by atoms with van der Waals surface area (Å²) < 4.78 is 11.7. The van der Waals surface area contributed by atoms with Gasteiger partial charge in [-0.2, -0.15) is 0 Å². The predicted octanol–water partition coefficient (Wildman–Crippen LogP) is 3.98. The van der Waals surface area contributed by atoms with Gasteiger partial charge in [-0.1, -0.05) is 13.8 Å². The van der Waals surface area contributed by atoms with Gasteiger partial charge in [0.15, 0.2) is 0 Å². The van der Waals surface area contributed by atoms with Crippen LogP contribution in [-0.4, -0.2) is 34.6 Å². The maximum atomic E-state index is 9.61. The average Bonchev–Trinajstić information content (AvgIpc) is 3.29. The van der Waals surface area contributed by atoms with Crippen LogP contribution in [0.1, 0.15) is 29.9 Å². The van der Waals surface area contributed by atoms with Crippen LogP contribution in [0.25, 0.3) is 22.2 Å². The Bertz CT molecular complexity index is 910. The first-order valence-corrected chi connectivity index (χ1v) is 10.2. The first-order chi connectivity index (χ1) is 13.4. The molecule has 2 heterocycles. The van der Waals surface area contributed by atoms with Crippen LogP contribution in [0.2, 0.25) is 0 Å². The van der Waals surface area contributed by atoms with Crippen LogP contribution in [0, 0.1) is 19.8 Å². The summed E-state index contributed by atoms with van der Waals surface area (Å²) in [4.78, 5) is 2.30. The molecule has 0 aliphatic heterocycles. The van der Waals surface area contributed by atoms with E-state index in [-0.39, 0.29) is 13.2 Å². The van der Waals surface area contributed by atoms with Crippen molar-refractivity contribution >= 4 is 11.3 Å². The highest BCUT2D eigenvalue weighted by Gasteiger charge is 2.16. The predicted molar refractivity (Wildman–Crippen MR) is 112 cm³/mol. The van der Waals surface area contributed by atoms with Crippen LogP contribution < -0.4 is 10.5 Å². The quantitative estimate of drug-likeness (QED) is 0.593. The van der Waals surface area contributed by atoms with E-state index in [0.717, 1.165) is 33.7 Å². The molecule has 0 saturated carbocycles. The molecule has 3 N–H and O–H groups in total. The van der Waals surface area contributed by atoms with Gasteiger partial charge in [0.25, 0.3) is 5.89 Å². The maximum absolute atomic E-state index is 9.61. The van der Waals surface area contributed by atoms with E-state index >= 15 is 0 Å². The van der Waals surface area contributed by atoms with Crippen molar-refractivity contribution in [3.05, 3.63) is 40.3 Å². The lowest BCUT2D eigenvalue weighted by Crippen LogP contribution is -2.26. The lowest BCUT2D eigenvalue weighted by Gasteiger charge is -2.15. The van der Waals surface area contributed by atoms with Crippen LogP contribution in [0.4, 0.5) is 0 Å². The number of aryl methyl sites for hydroxylation is 2. The molecule has 2 aromatic heterocycles. The minimum Gasteiger partial charge on any atom is -0.490 e. The monoisotopic (exact) mass is 401 g/mol. The molecule has 0 amide bonds. The van der Waals surface area contributed by atoms with E-state index in [0.29, 0.717) is 17.7 Å². The zero-order valence-electron chi connectivity index (χ0n) is 16.7. The minimum atomic E-state index is -0.677. The second-order valence-corrected chi connectivity index (χ2v) is 8.58. The fourth-order valence-electron chi connectivity index (χ4n) is 2.99. The fourth-order valence-corrected chi connectivity index (χ4v) is 4.13. The highest BCUT2D eigenvalue weighted by Crippen LogP contribution is 2.33. The summed E-state index contributed by atoms with van der Waals surface area (Å²) in [7, 11) is 0. The molecule has 28 heavy (non-hydrogen) atoms. The van der Waals surface area contributed by atoms with Gasteiger partial charge < -0.3 is 20.0 Å². The number of aliphatic hydroxyl groups is 1. The van der Waals surface area contributed by atoms with Gasteiger partial charge in [-0.3, -0.25) is 0 Å². The third-order valence-electron chi connectivity index (χ3n) is 4.31. The van der Waals surface area contributed by atoms with Gasteiger partial charge in [-0.05, 0) is 61.6 Å². The molecule has 0 saturated heterocycles. The van der Waals surface area contributed by atoms with Gasteiger partial charge in [0, 0.05) is 17.0 Å². The van der Waals surface area contributed by atoms with Gasteiger partial charge in [0.05, 0.1) is 4.88 Å². The zero-order valence-corrected chi connectivity index (χ0v) is 17.5. The summed E-state index contributed by atoms with van der Waals surface area (Å²) in [5.41, 5.74) is 8.16. The Morgan fingerprint density at radius 3 is 2.46 bits per heavy atom. The summed E-state index contributed by atoms with van der Waals surface area (Å²) in [6.07, 6.45) is 0.369. The fraction of sp³-hybridized carbons (Fsp3) is 0.429. The smallest absolute Gasteiger partial charge is 0.258 e. The summed E-state index contributed by atoms with van der Waals surface area (Å²) >= 11 is 1.69. The Hall–Kier alpha value is -2.22. The van der Waals surface area contributed by atoms with Gasteiger partial charge in [-0.25, -0.2) is 0 Å². The molecular formula is C21H27N3O3S. The Kier molecular flexibility index (Phi) is 6.49. The SMILES string of the molecule is Cc1cc(-c2nnc(-c3ccc(CC(C)C)s3)o2)cc(C)c1OCC(O)CN. The van der Waals surface area contributed by atoms with Crippen LogP contribution >= 0.6 is 11.3 Å². The zero-order chi connectivity index (χ0) is 20.3. The number of ether oxygens (including phenoxy) is 1. The highest BCUT2D eigenvalue weighted by atomic mass is 32.1. The van der Waals surface area contributed by atoms with Crippen molar-refractivity contribution in [3.8, 4) is 28.0 Å². The lowest BCUT2D eigenvalue weighted by molar-refractivity contribution is 0.113. The number of rotatable bonds is 8. The number of nitrogens with two attached hydrogens (primary N) is 1. The molecule has 3 aromatic rings. The standard InChI is InChI=1S/C21H27N3O3S/c1-12(2)7-17-5-6-18(28-17)21-24-23-20(27-21)15-8-13(3)19(14(4)9-15)26-11-16(25)10-22/h5-6,8-9,12,16,25H,7,10-11,22H2,1-4H3. The molecule has 0 aliphatic rings. The maximum Gasteiger partial charge on any atom is 0.258 e. The molecule has 150 valence electrons. The molecule has 1 unspecified atom stereocenters. The first kappa shape index (κ1) is 20.5. The largest absolute Gasteiger partial charge is 0.490 e. The third kappa shape index (κ3) is 4.79. The summed E-state index contributed by atoms with van der Waals surface area (Å²) in [6.45, 7) is 8.66. The Balaban J connectivity index is 1.80. The van der Waals surface area contributed by atoms with Gasteiger partial charge >= 0.3 is 0 Å². The Labute approximate surface area is 169 Å². The van der Waals surface area contributed by atoms with E-state index < -0.39 is 6.10 Å². The van der Waals surface area contributed by atoms with Crippen molar-refractivity contribution in [1.29, 1.82) is 0 Å². The molecule has 1 aromatic carbocycles. The second kappa shape index (κ2) is 8.86. The van der Waals surface area contributed by atoms with Crippen molar-refractivity contribution in [2.24, 2.45) is 11.7 Å². The van der Waals surface area contributed by atoms with E-state index in [1.54, 1.807) is 11.3 Å². The van der Waals surface area contributed by atoms with Crippen LogP contribution in [-0.2, 0) is 6.42 Å². The number of nitrogens with zero attached hydrogens (tertiary/aromatic N) is 2. The number of thiophene rings is 1. The van der Waals surface area contributed by atoms with Gasteiger partial charge in [0.2, 0.25) is 5.89 Å². The minimum absolute atomic E-state index is 0.166. The molecule has 0 aliphatic carbocycles. The van der Waals surface area contributed by atoms with Crippen molar-refractivity contribution in [1.82, 2.24) is 10.2 Å². The molecular weight excluding hydrogens is 374 g/mol. The third-order valence-corrected chi connectivity index (χ3v) is 5.40. The van der Waals surface area contributed by atoms with E-state index in [1.807, 2.05) is 32.0 Å². The van der Waals surface area contributed by atoms with Crippen LogP contribution in [0.15, 0.2) is 28.7 Å². The molecule has 0 bridgehead atoms. The molecule has 0 fully saturated rings. The Morgan fingerprint density at radius 2 is 1.82 bits per heavy atom. The molecule has 0 radical (unpaired) electrons. The number of hydrogen-bond acceptors (Lipinski definition) is 7. The second-order valence-electron chi connectivity index (χ2n) is 7.42. The van der Waals surface area contributed by atoms with Crippen molar-refractivity contribution in [2.45, 2.75) is 40.2 Å². The molecule has 6 nitrogen and oxygen atoms in total. The van der Waals surface area contributed by atoms with Crippen molar-refractivity contribution in [2.75, 3.05) is 13.2 Å². The highest BCUT2D eigenvalue weighted by molar-refractivity contribution is 7.15. The average molecular weight is 402 g/mol. The van der Waals surface area contributed by atoms with Gasteiger partial charge in [0.1, 0.15) is 18.5 Å². The van der Waals surface area contributed by atoms with Crippen molar-refractivity contribution < 1.29 is 14.3 Å². The topological polar surface area (TPSA) is 94.4 Å². The van der Waals surface area contributed by atoms with Crippen LogP contribution in [0.5, 0.6) is 5.75 Å². The molecule has 3 rings (SSSR count). The van der Waals surface area contributed by atoms with E-state index in [1.165, 1.54) is 4.88 Å². The molecule has 7 heteroatoms. The number of aromatic nitrogens is 2. The lowest BCUT2D eigenvalue weighted by atomic mass is 10.1. The normalized spacial score (nSPS) is 12.5. The van der Waals surface area contributed by atoms with E-state index in [4.69, 9.17) is 14.9 Å². The van der Waals surface area contributed by atoms with E-state index in [9.17, 15) is 5.11 Å². The van der Waals surface area contributed by atoms with Gasteiger partial charge in [-0.15, -0.1) is 21.5 Å². The van der Waals surface area contributed by atoms with E-state index in [2.05, 4.69) is 30.1 Å². The number of aliphatic hydroxyl groups excluding tert-OH is 1. The first-order valence-electron chi connectivity index (χ1n) is 9.42. The van der Waals surface area contributed by atoms with Crippen molar-refractivity contribution in [3.63, 3.8) is 0 Å². The molecule has 1 atom stereocenters. The summed E-state index contributed by atoms with van der Waals surface area (Å²) in [6, 6.07) is 8.07. The molecule has 0 spiro atoms. The summed E-state index contributed by atoms with van der Waals surface area (Å²) in [5, 5.41) is 18.1. The Morgan fingerprint density at radius 1 is 1.14 bits per heavy atom. The van der Waals surface area contributed by atoms with Crippen LogP contribution in [0.3, 0.4) is 0 Å². The number of benzene rings is 1.